The van der Waals surface area contributed by atoms with Gasteiger partial charge in [0.1, 0.15) is 13.2 Å². The zero-order valence-corrected chi connectivity index (χ0v) is 40.2. The van der Waals surface area contributed by atoms with Crippen LogP contribution in [0.1, 0.15) is 284 Å². The maximum atomic E-state index is 12.8. The first-order valence-corrected chi connectivity index (χ1v) is 26.3. The van der Waals surface area contributed by atoms with Crippen molar-refractivity contribution in [3.63, 3.8) is 0 Å². The first-order chi connectivity index (χ1) is 29.5. The molecule has 0 bridgehead atoms. The van der Waals surface area contributed by atoms with E-state index in [-0.39, 0.29) is 31.1 Å². The van der Waals surface area contributed by atoms with Crippen molar-refractivity contribution < 1.29 is 28.6 Å². The molecular formula is C54H100O6. The number of carbonyl (C=O) groups excluding carboxylic acids is 3. The van der Waals surface area contributed by atoms with Crippen LogP contribution in [0, 0.1) is 0 Å². The fourth-order valence-electron chi connectivity index (χ4n) is 7.78. The van der Waals surface area contributed by atoms with Crippen molar-refractivity contribution in [2.45, 2.75) is 290 Å². The molecule has 0 saturated heterocycles. The second kappa shape index (κ2) is 49.5. The Labute approximate surface area is 373 Å². The number of hydrogen-bond acceptors (Lipinski definition) is 6. The van der Waals surface area contributed by atoms with Crippen LogP contribution in [0.4, 0.5) is 0 Å². The fourth-order valence-corrected chi connectivity index (χ4v) is 7.78. The summed E-state index contributed by atoms with van der Waals surface area (Å²) in [4.78, 5) is 37.9. The van der Waals surface area contributed by atoms with Gasteiger partial charge in [0.25, 0.3) is 0 Å². The van der Waals surface area contributed by atoms with Crippen molar-refractivity contribution in [1.29, 1.82) is 0 Å². The average molecular weight is 845 g/mol. The zero-order chi connectivity index (χ0) is 43.7. The van der Waals surface area contributed by atoms with Gasteiger partial charge in [-0.2, -0.15) is 0 Å². The van der Waals surface area contributed by atoms with Gasteiger partial charge >= 0.3 is 17.9 Å². The smallest absolute Gasteiger partial charge is 0.306 e. The van der Waals surface area contributed by atoms with Gasteiger partial charge in [-0.15, -0.1) is 0 Å². The van der Waals surface area contributed by atoms with Crippen LogP contribution < -0.4 is 0 Å². The predicted molar refractivity (Wildman–Crippen MR) is 256 cm³/mol. The SMILES string of the molecule is CC/C=C\C/C=C\CCCCC(=O)OCC(COC(=O)CCCCCCCCCCCCCCCCCCCC)OC(=O)CCCCCCCCCCCCCCCCC. The normalized spacial score (nSPS) is 12.1. The Morgan fingerprint density at radius 1 is 0.350 bits per heavy atom. The third-order valence-corrected chi connectivity index (χ3v) is 11.7. The second-order valence-corrected chi connectivity index (χ2v) is 17.8. The summed E-state index contributed by atoms with van der Waals surface area (Å²) in [6, 6.07) is 0. The molecular weight excluding hydrogens is 745 g/mol. The van der Waals surface area contributed by atoms with Gasteiger partial charge < -0.3 is 14.2 Å². The molecule has 1 unspecified atom stereocenters. The Balaban J connectivity index is 4.26. The van der Waals surface area contributed by atoms with E-state index in [1.807, 2.05) is 0 Å². The van der Waals surface area contributed by atoms with Crippen molar-refractivity contribution in [2.75, 3.05) is 13.2 Å². The van der Waals surface area contributed by atoms with Gasteiger partial charge in [0.15, 0.2) is 6.10 Å². The molecule has 352 valence electrons. The summed E-state index contributed by atoms with van der Waals surface area (Å²) < 4.78 is 16.8. The van der Waals surface area contributed by atoms with E-state index in [4.69, 9.17) is 14.2 Å². The molecule has 0 N–H and O–H groups in total. The summed E-state index contributed by atoms with van der Waals surface area (Å²) in [5.41, 5.74) is 0. The first kappa shape index (κ1) is 57.9. The maximum absolute atomic E-state index is 12.8. The quantitative estimate of drug-likeness (QED) is 0.0263. The summed E-state index contributed by atoms with van der Waals surface area (Å²) in [5.74, 6) is -0.899. The molecule has 0 aromatic heterocycles. The lowest BCUT2D eigenvalue weighted by Crippen LogP contribution is -2.30. The number of allylic oxidation sites excluding steroid dienone is 4. The molecule has 0 heterocycles. The molecule has 6 nitrogen and oxygen atoms in total. The Kier molecular flexibility index (Phi) is 47.8. The van der Waals surface area contributed by atoms with E-state index in [1.165, 1.54) is 173 Å². The predicted octanol–water partition coefficient (Wildman–Crippen LogP) is 17.2. The van der Waals surface area contributed by atoms with Crippen LogP contribution in [0.15, 0.2) is 24.3 Å². The molecule has 0 fully saturated rings. The zero-order valence-electron chi connectivity index (χ0n) is 40.2. The highest BCUT2D eigenvalue weighted by molar-refractivity contribution is 5.71. The molecule has 0 rings (SSSR count). The van der Waals surface area contributed by atoms with E-state index in [9.17, 15) is 14.4 Å². The van der Waals surface area contributed by atoms with Gasteiger partial charge in [0, 0.05) is 19.3 Å². The molecule has 0 radical (unpaired) electrons. The van der Waals surface area contributed by atoms with E-state index < -0.39 is 6.10 Å². The van der Waals surface area contributed by atoms with E-state index in [0.29, 0.717) is 19.3 Å². The number of hydrogen-bond donors (Lipinski definition) is 0. The van der Waals surface area contributed by atoms with Crippen LogP contribution in [0.5, 0.6) is 0 Å². The van der Waals surface area contributed by atoms with Crippen LogP contribution in [-0.4, -0.2) is 37.2 Å². The van der Waals surface area contributed by atoms with E-state index in [2.05, 4.69) is 45.1 Å². The molecule has 6 heteroatoms. The van der Waals surface area contributed by atoms with Gasteiger partial charge in [-0.05, 0) is 44.9 Å². The van der Waals surface area contributed by atoms with Gasteiger partial charge in [-0.3, -0.25) is 14.4 Å². The summed E-state index contributed by atoms with van der Waals surface area (Å²) in [5, 5.41) is 0. The topological polar surface area (TPSA) is 78.9 Å². The van der Waals surface area contributed by atoms with E-state index in [1.54, 1.807) is 0 Å². The lowest BCUT2D eigenvalue weighted by molar-refractivity contribution is -0.167. The van der Waals surface area contributed by atoms with Crippen molar-refractivity contribution in [2.24, 2.45) is 0 Å². The summed E-state index contributed by atoms with van der Waals surface area (Å²) in [7, 11) is 0. The van der Waals surface area contributed by atoms with Crippen LogP contribution in [0.2, 0.25) is 0 Å². The molecule has 0 saturated carbocycles. The minimum atomic E-state index is -0.777. The van der Waals surface area contributed by atoms with E-state index in [0.717, 1.165) is 70.6 Å². The number of rotatable bonds is 48. The minimum absolute atomic E-state index is 0.0764. The standard InChI is InChI=1S/C54H100O6/c1-4-7-10-13-16-19-21-23-25-26-27-29-30-32-35-38-41-44-47-53(56)59-50-51(49-58-52(55)46-43-40-37-34-18-15-12-9-6-3)60-54(57)48-45-42-39-36-33-31-28-24-22-20-17-14-11-8-5-2/h9,12,18,34,51H,4-8,10-11,13-17,19-33,35-50H2,1-3H3/b12-9-,34-18-. The Hall–Kier alpha value is -2.11. The molecule has 0 aliphatic carbocycles. The number of carbonyl (C=O) groups is 3. The number of esters is 3. The van der Waals surface area contributed by atoms with E-state index >= 15 is 0 Å². The highest BCUT2D eigenvalue weighted by Gasteiger charge is 2.19. The van der Waals surface area contributed by atoms with Crippen LogP contribution in [0.25, 0.3) is 0 Å². The van der Waals surface area contributed by atoms with Crippen molar-refractivity contribution >= 4 is 17.9 Å². The second-order valence-electron chi connectivity index (χ2n) is 17.8. The van der Waals surface area contributed by atoms with Gasteiger partial charge in [0.05, 0.1) is 0 Å². The van der Waals surface area contributed by atoms with Gasteiger partial charge in [-0.25, -0.2) is 0 Å². The number of unbranched alkanes of at least 4 members (excludes halogenated alkanes) is 33. The Bertz CT molecular complexity index is 973. The van der Waals surface area contributed by atoms with Gasteiger partial charge in [0.2, 0.25) is 0 Å². The Morgan fingerprint density at radius 2 is 0.650 bits per heavy atom. The van der Waals surface area contributed by atoms with Crippen LogP contribution >= 0.6 is 0 Å². The molecule has 0 amide bonds. The molecule has 0 aliphatic heterocycles. The third kappa shape index (κ3) is 46.9. The number of ether oxygens (including phenoxy) is 3. The summed E-state index contributed by atoms with van der Waals surface area (Å²) in [6.45, 7) is 6.52. The van der Waals surface area contributed by atoms with Crippen molar-refractivity contribution in [1.82, 2.24) is 0 Å². The lowest BCUT2D eigenvalue weighted by atomic mass is 10.0. The average Bonchev–Trinajstić information content (AvgIpc) is 3.24. The molecule has 1 atom stereocenters. The molecule has 0 spiro atoms. The van der Waals surface area contributed by atoms with Crippen LogP contribution in [-0.2, 0) is 28.6 Å². The largest absolute Gasteiger partial charge is 0.462 e. The Morgan fingerprint density at radius 3 is 1.00 bits per heavy atom. The summed E-state index contributed by atoms with van der Waals surface area (Å²) in [6.07, 6.45) is 56.1. The fraction of sp³-hybridized carbons (Fsp3) is 0.870. The monoisotopic (exact) mass is 845 g/mol. The molecule has 0 aromatic rings. The maximum Gasteiger partial charge on any atom is 0.306 e. The molecule has 0 aliphatic rings. The lowest BCUT2D eigenvalue weighted by Gasteiger charge is -2.18. The first-order valence-electron chi connectivity index (χ1n) is 26.3. The minimum Gasteiger partial charge on any atom is -0.462 e. The highest BCUT2D eigenvalue weighted by Crippen LogP contribution is 2.17. The van der Waals surface area contributed by atoms with Crippen LogP contribution in [0.3, 0.4) is 0 Å². The third-order valence-electron chi connectivity index (χ3n) is 11.7. The summed E-state index contributed by atoms with van der Waals surface area (Å²) >= 11 is 0. The molecule has 60 heavy (non-hydrogen) atoms. The highest BCUT2D eigenvalue weighted by atomic mass is 16.6. The van der Waals surface area contributed by atoms with Gasteiger partial charge in [-0.1, -0.05) is 244 Å². The van der Waals surface area contributed by atoms with Crippen molar-refractivity contribution in [3.8, 4) is 0 Å². The van der Waals surface area contributed by atoms with Crippen molar-refractivity contribution in [3.05, 3.63) is 24.3 Å². The molecule has 0 aromatic carbocycles.